The fraction of sp³-hybridized carbons (Fsp3) is 0.688. The zero-order valence-corrected chi connectivity index (χ0v) is 13.6. The number of carbonyl (C=O) groups excluding carboxylic acids is 1. The first kappa shape index (κ1) is 15.5. The summed E-state index contributed by atoms with van der Waals surface area (Å²) in [4.78, 5) is 15.3. The van der Waals surface area contributed by atoms with Crippen LogP contribution in [0.5, 0.6) is 0 Å². The lowest BCUT2D eigenvalue weighted by molar-refractivity contribution is -0.133. The van der Waals surface area contributed by atoms with E-state index in [0.717, 1.165) is 38.8 Å². The zero-order valence-electron chi connectivity index (χ0n) is 12.8. The molecule has 1 amide bonds. The highest BCUT2D eigenvalue weighted by molar-refractivity contribution is 7.12. The summed E-state index contributed by atoms with van der Waals surface area (Å²) >= 11 is 1.77. The van der Waals surface area contributed by atoms with E-state index in [2.05, 4.69) is 43.5 Å². The van der Waals surface area contributed by atoms with E-state index in [1.807, 2.05) is 0 Å². The number of hydrogen-bond acceptors (Lipinski definition) is 3. The van der Waals surface area contributed by atoms with Crippen molar-refractivity contribution in [2.45, 2.75) is 52.5 Å². The minimum atomic E-state index is -0.152. The van der Waals surface area contributed by atoms with Crippen molar-refractivity contribution in [2.75, 3.05) is 13.1 Å². The number of amides is 1. The van der Waals surface area contributed by atoms with Gasteiger partial charge in [0, 0.05) is 9.75 Å². The van der Waals surface area contributed by atoms with Gasteiger partial charge in [-0.3, -0.25) is 4.79 Å². The molecule has 0 aliphatic carbocycles. The van der Waals surface area contributed by atoms with E-state index >= 15 is 0 Å². The van der Waals surface area contributed by atoms with Crippen molar-refractivity contribution in [1.29, 1.82) is 0 Å². The monoisotopic (exact) mass is 294 g/mol. The molecule has 1 unspecified atom stereocenters. The van der Waals surface area contributed by atoms with Gasteiger partial charge in [0.15, 0.2) is 0 Å². The van der Waals surface area contributed by atoms with Crippen LogP contribution >= 0.6 is 11.3 Å². The Bertz CT molecular complexity index is 444. The molecule has 4 heteroatoms. The van der Waals surface area contributed by atoms with Crippen LogP contribution in [0.3, 0.4) is 0 Å². The molecule has 3 nitrogen and oxygen atoms in total. The van der Waals surface area contributed by atoms with Crippen molar-refractivity contribution in [3.63, 3.8) is 0 Å². The molecule has 1 fully saturated rings. The van der Waals surface area contributed by atoms with Crippen LogP contribution in [0.1, 0.15) is 55.3 Å². The first-order valence-corrected chi connectivity index (χ1v) is 8.47. The van der Waals surface area contributed by atoms with Crippen LogP contribution in [-0.2, 0) is 4.79 Å². The quantitative estimate of drug-likeness (QED) is 0.874. The summed E-state index contributed by atoms with van der Waals surface area (Å²) in [5.41, 5.74) is -0.152. The Kier molecular flexibility index (Phi) is 5.22. The first-order chi connectivity index (χ1) is 9.57. The predicted octanol–water partition coefficient (Wildman–Crippen LogP) is 3.40. The Labute approximate surface area is 126 Å². The van der Waals surface area contributed by atoms with Gasteiger partial charge in [0.05, 0.1) is 11.5 Å². The van der Waals surface area contributed by atoms with Crippen LogP contribution in [0.15, 0.2) is 12.1 Å². The van der Waals surface area contributed by atoms with Crippen molar-refractivity contribution < 1.29 is 4.79 Å². The van der Waals surface area contributed by atoms with E-state index in [-0.39, 0.29) is 17.4 Å². The third kappa shape index (κ3) is 3.41. The maximum atomic E-state index is 12.8. The minimum Gasteiger partial charge on any atom is -0.348 e. The van der Waals surface area contributed by atoms with Crippen LogP contribution in [0.4, 0.5) is 0 Å². The average Bonchev–Trinajstić information content (AvgIpc) is 2.87. The third-order valence-corrected chi connectivity index (χ3v) is 5.49. The lowest BCUT2D eigenvalue weighted by atomic mass is 9.74. The van der Waals surface area contributed by atoms with E-state index in [0.29, 0.717) is 0 Å². The molecule has 1 aromatic rings. The Morgan fingerprint density at radius 3 is 2.70 bits per heavy atom. The highest BCUT2D eigenvalue weighted by Crippen LogP contribution is 2.35. The summed E-state index contributed by atoms with van der Waals surface area (Å²) in [6, 6.07) is 4.36. The van der Waals surface area contributed by atoms with Crippen LogP contribution in [0, 0.1) is 12.3 Å². The smallest absolute Gasteiger partial charge is 0.226 e. The van der Waals surface area contributed by atoms with Gasteiger partial charge in [0.25, 0.3) is 0 Å². The maximum Gasteiger partial charge on any atom is 0.226 e. The van der Waals surface area contributed by atoms with Crippen LogP contribution < -0.4 is 10.6 Å². The summed E-state index contributed by atoms with van der Waals surface area (Å²) in [5.74, 6) is 0.249. The number of piperidine rings is 1. The molecule has 0 spiro atoms. The van der Waals surface area contributed by atoms with E-state index in [1.165, 1.54) is 9.75 Å². The molecule has 2 heterocycles. The Balaban J connectivity index is 2.04. The fourth-order valence-corrected chi connectivity index (χ4v) is 3.96. The standard InChI is InChI=1S/C16H26N2OS/c1-4-7-16(8-10-17-11-9-16)15(19)18-13(3)14-6-5-12(2)20-14/h5-6,13,17H,4,7-11H2,1-3H3,(H,18,19). The van der Waals surface area contributed by atoms with E-state index < -0.39 is 0 Å². The van der Waals surface area contributed by atoms with Crippen molar-refractivity contribution in [3.8, 4) is 0 Å². The average molecular weight is 294 g/mol. The van der Waals surface area contributed by atoms with Gasteiger partial charge in [-0.05, 0) is 58.3 Å². The molecule has 2 rings (SSSR count). The summed E-state index contributed by atoms with van der Waals surface area (Å²) in [5, 5.41) is 6.61. The van der Waals surface area contributed by atoms with Crippen molar-refractivity contribution in [2.24, 2.45) is 5.41 Å². The molecule has 0 saturated carbocycles. The van der Waals surface area contributed by atoms with Crippen molar-refractivity contribution in [3.05, 3.63) is 21.9 Å². The summed E-state index contributed by atoms with van der Waals surface area (Å²) < 4.78 is 0. The second-order valence-corrected chi connectivity index (χ2v) is 7.24. The lowest BCUT2D eigenvalue weighted by Crippen LogP contribution is -2.48. The largest absolute Gasteiger partial charge is 0.348 e. The zero-order chi connectivity index (χ0) is 14.6. The topological polar surface area (TPSA) is 41.1 Å². The third-order valence-electron chi connectivity index (χ3n) is 4.31. The number of hydrogen-bond donors (Lipinski definition) is 2. The van der Waals surface area contributed by atoms with E-state index in [4.69, 9.17) is 0 Å². The van der Waals surface area contributed by atoms with Crippen molar-refractivity contribution in [1.82, 2.24) is 10.6 Å². The Morgan fingerprint density at radius 2 is 2.15 bits per heavy atom. The molecule has 20 heavy (non-hydrogen) atoms. The predicted molar refractivity (Wildman–Crippen MR) is 85.1 cm³/mol. The van der Waals surface area contributed by atoms with Crippen LogP contribution in [0.2, 0.25) is 0 Å². The molecular formula is C16H26N2OS. The van der Waals surface area contributed by atoms with Crippen LogP contribution in [-0.4, -0.2) is 19.0 Å². The highest BCUT2D eigenvalue weighted by Gasteiger charge is 2.39. The molecular weight excluding hydrogens is 268 g/mol. The summed E-state index contributed by atoms with van der Waals surface area (Å²) in [6.07, 6.45) is 3.99. The number of carbonyl (C=O) groups is 1. The molecule has 2 N–H and O–H groups in total. The Hall–Kier alpha value is -0.870. The molecule has 0 radical (unpaired) electrons. The Morgan fingerprint density at radius 1 is 1.45 bits per heavy atom. The summed E-state index contributed by atoms with van der Waals surface area (Å²) in [7, 11) is 0. The first-order valence-electron chi connectivity index (χ1n) is 7.65. The van der Waals surface area contributed by atoms with Gasteiger partial charge in [-0.15, -0.1) is 11.3 Å². The number of thiophene rings is 1. The molecule has 1 aromatic heterocycles. The van der Waals surface area contributed by atoms with Gasteiger partial charge in [0.1, 0.15) is 0 Å². The number of aryl methyl sites for hydroxylation is 1. The fourth-order valence-electron chi connectivity index (χ4n) is 3.08. The number of nitrogens with one attached hydrogen (secondary N) is 2. The van der Waals surface area contributed by atoms with Gasteiger partial charge in [-0.25, -0.2) is 0 Å². The van der Waals surface area contributed by atoms with Gasteiger partial charge >= 0.3 is 0 Å². The second kappa shape index (κ2) is 6.72. The number of rotatable bonds is 5. The lowest BCUT2D eigenvalue weighted by Gasteiger charge is -2.37. The molecule has 1 atom stereocenters. The van der Waals surface area contributed by atoms with Gasteiger partial charge in [-0.1, -0.05) is 13.3 Å². The molecule has 1 aliphatic rings. The highest BCUT2D eigenvalue weighted by atomic mass is 32.1. The molecule has 1 aliphatic heterocycles. The van der Waals surface area contributed by atoms with E-state index in [9.17, 15) is 4.79 Å². The normalized spacial score (nSPS) is 19.6. The minimum absolute atomic E-state index is 0.116. The maximum absolute atomic E-state index is 12.8. The van der Waals surface area contributed by atoms with Gasteiger partial charge in [0.2, 0.25) is 5.91 Å². The van der Waals surface area contributed by atoms with E-state index in [1.54, 1.807) is 11.3 Å². The molecule has 1 saturated heterocycles. The summed E-state index contributed by atoms with van der Waals surface area (Å²) in [6.45, 7) is 8.28. The second-order valence-electron chi connectivity index (χ2n) is 5.92. The van der Waals surface area contributed by atoms with Crippen molar-refractivity contribution >= 4 is 17.2 Å². The molecule has 0 aromatic carbocycles. The SMILES string of the molecule is CCCC1(C(=O)NC(C)c2ccc(C)s2)CCNCC1. The van der Waals surface area contributed by atoms with Gasteiger partial charge < -0.3 is 10.6 Å². The molecule has 112 valence electrons. The van der Waals surface area contributed by atoms with Gasteiger partial charge in [-0.2, -0.15) is 0 Å². The van der Waals surface area contributed by atoms with Crippen LogP contribution in [0.25, 0.3) is 0 Å². The molecule has 0 bridgehead atoms.